The molecule has 0 aliphatic carbocycles. The van der Waals surface area contributed by atoms with E-state index in [1.54, 1.807) is 0 Å². The molecule has 1 heterocycles. The third-order valence-corrected chi connectivity index (χ3v) is 3.54. The maximum Gasteiger partial charge on any atom is 0.233 e. The van der Waals surface area contributed by atoms with Crippen LogP contribution in [0.25, 0.3) is 0 Å². The number of hydrogen-bond donors (Lipinski definition) is 2. The number of hydrogen-bond acceptors (Lipinski definition) is 3. The zero-order valence-electron chi connectivity index (χ0n) is 9.48. The number of amidine groups is 1. The number of amides is 1. The van der Waals surface area contributed by atoms with E-state index in [0.29, 0.717) is 6.54 Å². The Morgan fingerprint density at radius 3 is 2.82 bits per heavy atom. The Labute approximate surface area is 105 Å². The van der Waals surface area contributed by atoms with Gasteiger partial charge < -0.3 is 10.6 Å². The Bertz CT molecular complexity index is 447. The molecule has 0 saturated heterocycles. The SMILES string of the molecule is N=C(N)SCC(=O)N1CCc2ccccc2C1. The van der Waals surface area contributed by atoms with Crippen molar-refractivity contribution < 1.29 is 4.79 Å². The summed E-state index contributed by atoms with van der Waals surface area (Å²) in [6.07, 6.45) is 0.909. The average molecular weight is 249 g/mol. The number of nitrogens with two attached hydrogens (primary N) is 1. The second kappa shape index (κ2) is 5.23. The van der Waals surface area contributed by atoms with E-state index in [0.717, 1.165) is 24.7 Å². The Balaban J connectivity index is 1.97. The fourth-order valence-electron chi connectivity index (χ4n) is 1.94. The van der Waals surface area contributed by atoms with Crippen LogP contribution in [0.2, 0.25) is 0 Å². The molecule has 2 rings (SSSR count). The summed E-state index contributed by atoms with van der Waals surface area (Å²) in [5.41, 5.74) is 7.77. The van der Waals surface area contributed by atoms with Crippen molar-refractivity contribution in [3.8, 4) is 0 Å². The molecule has 1 amide bonds. The van der Waals surface area contributed by atoms with Gasteiger partial charge in [0.15, 0.2) is 5.17 Å². The maximum atomic E-state index is 11.9. The lowest BCUT2D eigenvalue weighted by molar-refractivity contribution is -0.129. The molecule has 1 aliphatic rings. The van der Waals surface area contributed by atoms with E-state index < -0.39 is 0 Å². The normalized spacial score (nSPS) is 14.2. The molecule has 17 heavy (non-hydrogen) atoms. The number of benzene rings is 1. The van der Waals surface area contributed by atoms with E-state index in [1.165, 1.54) is 11.1 Å². The summed E-state index contributed by atoms with van der Waals surface area (Å²) in [5, 5.41) is 7.08. The van der Waals surface area contributed by atoms with Crippen molar-refractivity contribution in [3.63, 3.8) is 0 Å². The quantitative estimate of drug-likeness (QED) is 0.611. The van der Waals surface area contributed by atoms with Gasteiger partial charge in [-0.05, 0) is 17.5 Å². The van der Waals surface area contributed by atoms with Crippen LogP contribution in [-0.2, 0) is 17.8 Å². The predicted molar refractivity (Wildman–Crippen MR) is 69.9 cm³/mol. The van der Waals surface area contributed by atoms with Crippen molar-refractivity contribution in [1.29, 1.82) is 5.41 Å². The topological polar surface area (TPSA) is 70.2 Å². The van der Waals surface area contributed by atoms with E-state index in [2.05, 4.69) is 12.1 Å². The highest BCUT2D eigenvalue weighted by atomic mass is 32.2. The Kier molecular flexibility index (Phi) is 3.68. The summed E-state index contributed by atoms with van der Waals surface area (Å²) in [6.45, 7) is 1.43. The molecule has 0 atom stereocenters. The lowest BCUT2D eigenvalue weighted by Crippen LogP contribution is -2.37. The Morgan fingerprint density at radius 2 is 2.12 bits per heavy atom. The Morgan fingerprint density at radius 1 is 1.41 bits per heavy atom. The molecule has 0 aromatic heterocycles. The molecule has 1 aromatic rings. The highest BCUT2D eigenvalue weighted by molar-refractivity contribution is 8.14. The summed E-state index contributed by atoms with van der Waals surface area (Å²) in [4.78, 5) is 13.7. The molecule has 4 nitrogen and oxygen atoms in total. The average Bonchev–Trinajstić information content (AvgIpc) is 2.35. The van der Waals surface area contributed by atoms with Crippen LogP contribution in [0, 0.1) is 5.41 Å². The molecule has 0 fully saturated rings. The first-order valence-corrected chi connectivity index (χ1v) is 6.47. The van der Waals surface area contributed by atoms with Crippen LogP contribution in [0.1, 0.15) is 11.1 Å². The summed E-state index contributed by atoms with van der Waals surface area (Å²) in [7, 11) is 0. The van der Waals surface area contributed by atoms with Crippen LogP contribution in [0.5, 0.6) is 0 Å². The van der Waals surface area contributed by atoms with Gasteiger partial charge in [0, 0.05) is 13.1 Å². The van der Waals surface area contributed by atoms with Crippen molar-refractivity contribution in [2.24, 2.45) is 5.73 Å². The monoisotopic (exact) mass is 249 g/mol. The fraction of sp³-hybridized carbons (Fsp3) is 0.333. The van der Waals surface area contributed by atoms with Crippen LogP contribution in [0.4, 0.5) is 0 Å². The number of thioether (sulfide) groups is 1. The second-order valence-corrected chi connectivity index (χ2v) is 5.00. The maximum absolute atomic E-state index is 11.9. The highest BCUT2D eigenvalue weighted by Crippen LogP contribution is 2.19. The van der Waals surface area contributed by atoms with E-state index in [-0.39, 0.29) is 16.8 Å². The number of nitrogens with one attached hydrogen (secondary N) is 1. The largest absolute Gasteiger partial charge is 0.379 e. The van der Waals surface area contributed by atoms with Gasteiger partial charge in [0.2, 0.25) is 5.91 Å². The molecule has 5 heteroatoms. The number of rotatable bonds is 2. The fourth-order valence-corrected chi connectivity index (χ4v) is 2.40. The van der Waals surface area contributed by atoms with E-state index in [4.69, 9.17) is 11.1 Å². The minimum atomic E-state index is -0.00393. The molecule has 1 aromatic carbocycles. The summed E-state index contributed by atoms with van der Waals surface area (Å²) >= 11 is 1.08. The molecule has 90 valence electrons. The summed E-state index contributed by atoms with van der Waals surface area (Å²) in [5.74, 6) is 0.317. The van der Waals surface area contributed by atoms with Gasteiger partial charge in [0.25, 0.3) is 0 Å². The zero-order chi connectivity index (χ0) is 12.3. The van der Waals surface area contributed by atoms with Crippen molar-refractivity contribution in [2.75, 3.05) is 12.3 Å². The summed E-state index contributed by atoms with van der Waals surface area (Å²) < 4.78 is 0. The summed E-state index contributed by atoms with van der Waals surface area (Å²) in [6, 6.07) is 8.20. The van der Waals surface area contributed by atoms with Crippen LogP contribution < -0.4 is 5.73 Å². The number of fused-ring (bicyclic) bond motifs is 1. The van der Waals surface area contributed by atoms with Gasteiger partial charge in [-0.2, -0.15) is 0 Å². The van der Waals surface area contributed by atoms with Gasteiger partial charge in [-0.15, -0.1) is 0 Å². The van der Waals surface area contributed by atoms with Gasteiger partial charge in [-0.1, -0.05) is 36.0 Å². The molecular weight excluding hydrogens is 234 g/mol. The van der Waals surface area contributed by atoms with Crippen LogP contribution >= 0.6 is 11.8 Å². The molecule has 1 aliphatic heterocycles. The van der Waals surface area contributed by atoms with E-state index in [1.807, 2.05) is 17.0 Å². The molecule has 0 bridgehead atoms. The molecule has 0 spiro atoms. The van der Waals surface area contributed by atoms with Gasteiger partial charge in [0.05, 0.1) is 5.75 Å². The molecule has 0 saturated carbocycles. The smallest absolute Gasteiger partial charge is 0.233 e. The lowest BCUT2D eigenvalue weighted by atomic mass is 10.00. The Hall–Kier alpha value is -1.49. The standard InChI is InChI=1S/C12H15N3OS/c13-12(14)17-8-11(16)15-6-5-9-3-1-2-4-10(9)7-15/h1-4H,5-8H2,(H3,13,14). The van der Waals surface area contributed by atoms with E-state index >= 15 is 0 Å². The minimum Gasteiger partial charge on any atom is -0.379 e. The van der Waals surface area contributed by atoms with Crippen molar-refractivity contribution in [2.45, 2.75) is 13.0 Å². The van der Waals surface area contributed by atoms with Gasteiger partial charge >= 0.3 is 0 Å². The van der Waals surface area contributed by atoms with Crippen LogP contribution in [0.3, 0.4) is 0 Å². The zero-order valence-corrected chi connectivity index (χ0v) is 10.3. The number of carbonyl (C=O) groups excluding carboxylic acids is 1. The van der Waals surface area contributed by atoms with Crippen LogP contribution in [0.15, 0.2) is 24.3 Å². The van der Waals surface area contributed by atoms with Crippen molar-refractivity contribution in [3.05, 3.63) is 35.4 Å². The molecular formula is C12H15N3OS. The van der Waals surface area contributed by atoms with Crippen LogP contribution in [-0.4, -0.2) is 28.3 Å². The number of carbonyl (C=O) groups is 1. The van der Waals surface area contributed by atoms with Crippen molar-refractivity contribution in [1.82, 2.24) is 4.90 Å². The first-order valence-electron chi connectivity index (χ1n) is 5.48. The third-order valence-electron chi connectivity index (χ3n) is 2.83. The first-order chi connectivity index (χ1) is 8.16. The van der Waals surface area contributed by atoms with Crippen molar-refractivity contribution >= 4 is 22.8 Å². The molecule has 0 unspecified atom stereocenters. The molecule has 3 N–H and O–H groups in total. The first kappa shape index (κ1) is 12.0. The number of nitrogens with zero attached hydrogens (tertiary/aromatic N) is 1. The van der Waals surface area contributed by atoms with E-state index in [9.17, 15) is 4.79 Å². The third kappa shape index (κ3) is 3.00. The van der Waals surface area contributed by atoms with Gasteiger partial charge in [0.1, 0.15) is 0 Å². The lowest BCUT2D eigenvalue weighted by Gasteiger charge is -2.28. The van der Waals surface area contributed by atoms with Gasteiger partial charge in [-0.25, -0.2) is 0 Å². The minimum absolute atomic E-state index is 0.00393. The predicted octanol–water partition coefficient (Wildman–Crippen LogP) is 1.20. The highest BCUT2D eigenvalue weighted by Gasteiger charge is 2.20. The van der Waals surface area contributed by atoms with Gasteiger partial charge in [-0.3, -0.25) is 10.2 Å². The second-order valence-electron chi connectivity index (χ2n) is 3.99. The molecule has 0 radical (unpaired) electrons.